The highest BCUT2D eigenvalue weighted by molar-refractivity contribution is 5.90. The van der Waals surface area contributed by atoms with Crippen molar-refractivity contribution in [3.63, 3.8) is 0 Å². The third-order valence-corrected chi connectivity index (χ3v) is 3.68. The van der Waals surface area contributed by atoms with E-state index in [0.717, 1.165) is 5.56 Å². The second kappa shape index (κ2) is 10.2. The Morgan fingerprint density at radius 1 is 1.04 bits per heavy atom. The number of nitrogens with one attached hydrogen (secondary N) is 1. The SMILES string of the molecule is COCCN(Cc1ccccc1)C(=O)COc1ccccc1NC(C)=O. The second-order valence-corrected chi connectivity index (χ2v) is 5.76. The molecule has 0 atom stereocenters. The highest BCUT2D eigenvalue weighted by Crippen LogP contribution is 2.23. The number of nitrogens with zero attached hydrogens (tertiary/aromatic N) is 1. The van der Waals surface area contributed by atoms with Crippen LogP contribution >= 0.6 is 0 Å². The molecule has 0 saturated heterocycles. The number of anilines is 1. The molecule has 0 aliphatic carbocycles. The van der Waals surface area contributed by atoms with E-state index >= 15 is 0 Å². The van der Waals surface area contributed by atoms with Gasteiger partial charge in [0.05, 0.1) is 12.3 Å². The Morgan fingerprint density at radius 2 is 1.73 bits per heavy atom. The standard InChI is InChI=1S/C20H24N2O4/c1-16(23)21-18-10-6-7-11-19(18)26-15-20(24)22(12-13-25-2)14-17-8-4-3-5-9-17/h3-11H,12-15H2,1-2H3,(H,21,23). The topological polar surface area (TPSA) is 67.9 Å². The monoisotopic (exact) mass is 356 g/mol. The smallest absolute Gasteiger partial charge is 0.260 e. The van der Waals surface area contributed by atoms with Gasteiger partial charge in [0.15, 0.2) is 6.61 Å². The lowest BCUT2D eigenvalue weighted by Crippen LogP contribution is -2.36. The van der Waals surface area contributed by atoms with Crippen LogP contribution in [0.4, 0.5) is 5.69 Å². The van der Waals surface area contributed by atoms with Crippen LogP contribution in [0.2, 0.25) is 0 Å². The number of ether oxygens (including phenoxy) is 2. The summed E-state index contributed by atoms with van der Waals surface area (Å²) in [7, 11) is 1.60. The van der Waals surface area contributed by atoms with Crippen LogP contribution in [0.1, 0.15) is 12.5 Å². The van der Waals surface area contributed by atoms with E-state index in [0.29, 0.717) is 31.1 Å². The zero-order valence-corrected chi connectivity index (χ0v) is 15.1. The van der Waals surface area contributed by atoms with Crippen molar-refractivity contribution in [2.75, 3.05) is 32.2 Å². The molecule has 6 nitrogen and oxygen atoms in total. The van der Waals surface area contributed by atoms with Crippen LogP contribution in [-0.4, -0.2) is 43.6 Å². The van der Waals surface area contributed by atoms with Gasteiger partial charge in [-0.05, 0) is 17.7 Å². The van der Waals surface area contributed by atoms with Gasteiger partial charge in [0.25, 0.3) is 5.91 Å². The summed E-state index contributed by atoms with van der Waals surface area (Å²) in [6.45, 7) is 2.71. The molecule has 0 aliphatic heterocycles. The Labute approximate surface area is 153 Å². The quantitative estimate of drug-likeness (QED) is 0.750. The molecule has 0 fully saturated rings. The summed E-state index contributed by atoms with van der Waals surface area (Å²) < 4.78 is 10.8. The number of methoxy groups -OCH3 is 1. The van der Waals surface area contributed by atoms with E-state index in [4.69, 9.17) is 9.47 Å². The predicted molar refractivity (Wildman–Crippen MR) is 100.0 cm³/mol. The molecule has 0 heterocycles. The molecule has 0 radical (unpaired) electrons. The van der Waals surface area contributed by atoms with Crippen LogP contribution in [0.15, 0.2) is 54.6 Å². The van der Waals surface area contributed by atoms with Crippen molar-refractivity contribution in [3.8, 4) is 5.75 Å². The average molecular weight is 356 g/mol. The first kappa shape index (κ1) is 19.5. The fourth-order valence-corrected chi connectivity index (χ4v) is 2.41. The molecule has 0 aliphatic rings. The van der Waals surface area contributed by atoms with Gasteiger partial charge in [0.1, 0.15) is 5.75 Å². The Bertz CT molecular complexity index is 719. The number of carbonyl (C=O) groups excluding carboxylic acids is 2. The molecule has 6 heteroatoms. The van der Waals surface area contributed by atoms with Crippen LogP contribution in [0.25, 0.3) is 0 Å². The summed E-state index contributed by atoms with van der Waals surface area (Å²) in [5, 5.41) is 2.69. The van der Waals surface area contributed by atoms with E-state index in [1.54, 1.807) is 36.3 Å². The molecule has 0 unspecified atom stereocenters. The molecule has 1 N–H and O–H groups in total. The number of carbonyl (C=O) groups is 2. The van der Waals surface area contributed by atoms with E-state index in [2.05, 4.69) is 5.32 Å². The zero-order chi connectivity index (χ0) is 18.8. The third kappa shape index (κ3) is 6.22. The van der Waals surface area contributed by atoms with Gasteiger partial charge in [0, 0.05) is 27.1 Å². The minimum Gasteiger partial charge on any atom is -0.482 e. The van der Waals surface area contributed by atoms with Crippen LogP contribution < -0.4 is 10.1 Å². The number of rotatable bonds is 9. The molecule has 0 bridgehead atoms. The molecule has 2 aromatic carbocycles. The maximum Gasteiger partial charge on any atom is 0.260 e. The Kier molecular flexibility index (Phi) is 7.64. The fraction of sp³-hybridized carbons (Fsp3) is 0.300. The van der Waals surface area contributed by atoms with Crippen molar-refractivity contribution < 1.29 is 19.1 Å². The lowest BCUT2D eigenvalue weighted by atomic mass is 10.2. The van der Waals surface area contributed by atoms with Gasteiger partial charge in [-0.3, -0.25) is 9.59 Å². The second-order valence-electron chi connectivity index (χ2n) is 5.76. The first-order chi connectivity index (χ1) is 12.6. The minimum absolute atomic E-state index is 0.118. The molecule has 0 aromatic heterocycles. The van der Waals surface area contributed by atoms with Crippen molar-refractivity contribution >= 4 is 17.5 Å². The molecule has 2 amide bonds. The lowest BCUT2D eigenvalue weighted by molar-refractivity contribution is -0.134. The van der Waals surface area contributed by atoms with E-state index in [9.17, 15) is 9.59 Å². The molecule has 26 heavy (non-hydrogen) atoms. The first-order valence-corrected chi connectivity index (χ1v) is 8.40. The number of hydrogen-bond acceptors (Lipinski definition) is 4. The molecular formula is C20H24N2O4. The van der Waals surface area contributed by atoms with Gasteiger partial charge in [-0.25, -0.2) is 0 Å². The Hall–Kier alpha value is -2.86. The molecule has 0 saturated carbocycles. The van der Waals surface area contributed by atoms with Crippen molar-refractivity contribution in [2.45, 2.75) is 13.5 Å². The molecule has 2 rings (SSSR count). The number of para-hydroxylation sites is 2. The lowest BCUT2D eigenvalue weighted by Gasteiger charge is -2.23. The van der Waals surface area contributed by atoms with Crippen LogP contribution in [0.5, 0.6) is 5.75 Å². The summed E-state index contributed by atoms with van der Waals surface area (Å²) in [5.74, 6) is 0.115. The molecule has 2 aromatic rings. The third-order valence-electron chi connectivity index (χ3n) is 3.68. The van der Waals surface area contributed by atoms with Crippen LogP contribution in [0, 0.1) is 0 Å². The van der Waals surface area contributed by atoms with Gasteiger partial charge in [-0.2, -0.15) is 0 Å². The highest BCUT2D eigenvalue weighted by atomic mass is 16.5. The summed E-state index contributed by atoms with van der Waals surface area (Å²) in [6, 6.07) is 16.8. The number of hydrogen-bond donors (Lipinski definition) is 1. The van der Waals surface area contributed by atoms with Gasteiger partial charge in [-0.15, -0.1) is 0 Å². The van der Waals surface area contributed by atoms with Gasteiger partial charge in [0.2, 0.25) is 5.91 Å². The van der Waals surface area contributed by atoms with Gasteiger partial charge >= 0.3 is 0 Å². The average Bonchev–Trinajstić information content (AvgIpc) is 2.64. The van der Waals surface area contributed by atoms with E-state index in [1.165, 1.54) is 6.92 Å². The summed E-state index contributed by atoms with van der Waals surface area (Å²) in [6.07, 6.45) is 0. The van der Waals surface area contributed by atoms with E-state index < -0.39 is 0 Å². The highest BCUT2D eigenvalue weighted by Gasteiger charge is 2.15. The normalized spacial score (nSPS) is 10.2. The summed E-state index contributed by atoms with van der Waals surface area (Å²) >= 11 is 0. The van der Waals surface area contributed by atoms with Crippen molar-refractivity contribution in [1.82, 2.24) is 4.90 Å². The fourth-order valence-electron chi connectivity index (χ4n) is 2.41. The Morgan fingerprint density at radius 3 is 2.42 bits per heavy atom. The van der Waals surface area contributed by atoms with Crippen molar-refractivity contribution in [3.05, 3.63) is 60.2 Å². The summed E-state index contributed by atoms with van der Waals surface area (Å²) in [4.78, 5) is 25.6. The van der Waals surface area contributed by atoms with Crippen molar-refractivity contribution in [2.24, 2.45) is 0 Å². The first-order valence-electron chi connectivity index (χ1n) is 8.40. The van der Waals surface area contributed by atoms with Crippen LogP contribution in [0.3, 0.4) is 0 Å². The molecule has 138 valence electrons. The van der Waals surface area contributed by atoms with Gasteiger partial charge < -0.3 is 19.7 Å². The Balaban J connectivity index is 2.01. The number of amides is 2. The number of benzene rings is 2. The van der Waals surface area contributed by atoms with Crippen molar-refractivity contribution in [1.29, 1.82) is 0 Å². The van der Waals surface area contributed by atoms with E-state index in [1.807, 2.05) is 30.3 Å². The summed E-state index contributed by atoms with van der Waals surface area (Å²) in [5.41, 5.74) is 1.58. The van der Waals surface area contributed by atoms with E-state index in [-0.39, 0.29) is 18.4 Å². The maximum atomic E-state index is 12.6. The zero-order valence-electron chi connectivity index (χ0n) is 15.1. The van der Waals surface area contributed by atoms with Crippen LogP contribution in [-0.2, 0) is 20.9 Å². The minimum atomic E-state index is -0.196. The molecule has 0 spiro atoms. The largest absolute Gasteiger partial charge is 0.482 e. The van der Waals surface area contributed by atoms with Gasteiger partial charge in [-0.1, -0.05) is 42.5 Å². The molecular weight excluding hydrogens is 332 g/mol. The predicted octanol–water partition coefficient (Wildman–Crippen LogP) is 2.70. The maximum absolute atomic E-state index is 12.6.